The Labute approximate surface area is 202 Å². The molecule has 6 nitrogen and oxygen atoms in total. The molecule has 1 aliphatic rings. The fraction of sp³-hybridized carbons (Fsp3) is 0.103. The Morgan fingerprint density at radius 1 is 0.971 bits per heavy atom. The lowest BCUT2D eigenvalue weighted by Gasteiger charge is -2.25. The van der Waals surface area contributed by atoms with Crippen LogP contribution in [0, 0.1) is 18.3 Å². The van der Waals surface area contributed by atoms with Gasteiger partial charge in [-0.3, -0.25) is 4.79 Å². The highest BCUT2D eigenvalue weighted by atomic mass is 16.5. The molecule has 0 radical (unpaired) electrons. The van der Waals surface area contributed by atoms with Gasteiger partial charge in [0, 0.05) is 11.6 Å². The molecule has 1 atom stereocenters. The second-order valence-electron chi connectivity index (χ2n) is 8.25. The van der Waals surface area contributed by atoms with E-state index in [9.17, 15) is 10.1 Å². The highest BCUT2D eigenvalue weighted by Crippen LogP contribution is 2.44. The van der Waals surface area contributed by atoms with Crippen LogP contribution in [0.15, 0.2) is 107 Å². The number of hydrogen-bond acceptors (Lipinski definition) is 6. The summed E-state index contributed by atoms with van der Waals surface area (Å²) in [7, 11) is 0. The minimum absolute atomic E-state index is 0.00558. The van der Waals surface area contributed by atoms with Gasteiger partial charge in [0.15, 0.2) is 0 Å². The molecule has 1 aromatic heterocycles. The van der Waals surface area contributed by atoms with Crippen LogP contribution < -0.4 is 15.2 Å². The lowest BCUT2D eigenvalue weighted by atomic mass is 9.87. The molecule has 0 bridgehead atoms. The van der Waals surface area contributed by atoms with E-state index in [0.29, 0.717) is 22.8 Å². The number of hydrogen-bond donors (Lipinski definition) is 1. The van der Waals surface area contributed by atoms with Gasteiger partial charge in [-0.05, 0) is 36.2 Å². The lowest BCUT2D eigenvalue weighted by Crippen LogP contribution is -2.22. The van der Waals surface area contributed by atoms with Crippen LogP contribution in [0.25, 0.3) is 0 Å². The fourth-order valence-electron chi connectivity index (χ4n) is 4.33. The second kappa shape index (κ2) is 9.24. The Morgan fingerprint density at radius 2 is 1.63 bits per heavy atom. The highest BCUT2D eigenvalue weighted by Gasteiger charge is 2.33. The van der Waals surface area contributed by atoms with Gasteiger partial charge in [0.2, 0.25) is 5.88 Å². The topological polar surface area (TPSA) is 98.5 Å². The first-order valence-electron chi connectivity index (χ1n) is 11.1. The first-order valence-corrected chi connectivity index (χ1v) is 11.1. The summed E-state index contributed by atoms with van der Waals surface area (Å²) >= 11 is 0. The monoisotopic (exact) mass is 462 g/mol. The molecule has 0 saturated carbocycles. The molecule has 3 aromatic carbocycles. The maximum absolute atomic E-state index is 13.4. The zero-order valence-corrected chi connectivity index (χ0v) is 19.0. The third kappa shape index (κ3) is 4.28. The van der Waals surface area contributed by atoms with E-state index in [1.165, 1.54) is 0 Å². The largest absolute Gasteiger partial charge is 0.465 e. The standard InChI is InChI=1S/C29H22N2O4/c1-18-12-15-24(33-18)27-22-14-13-21(16-25(22)35-28(31)23(27)17-30)34-29(32)26(19-8-4-2-5-9-19)20-10-6-3-7-11-20/h2-16,26-27H,31H2,1H3. The molecule has 0 aliphatic carbocycles. The van der Waals surface area contributed by atoms with Crippen LogP contribution in [0.4, 0.5) is 0 Å². The number of carbonyl (C=O) groups excluding carboxylic acids is 1. The number of furan rings is 1. The molecule has 0 fully saturated rings. The van der Waals surface area contributed by atoms with E-state index in [-0.39, 0.29) is 11.5 Å². The van der Waals surface area contributed by atoms with Crippen molar-refractivity contribution in [1.82, 2.24) is 0 Å². The van der Waals surface area contributed by atoms with Crippen LogP contribution >= 0.6 is 0 Å². The van der Waals surface area contributed by atoms with Gasteiger partial charge in [-0.15, -0.1) is 0 Å². The third-order valence-corrected chi connectivity index (χ3v) is 5.96. The van der Waals surface area contributed by atoms with Gasteiger partial charge in [0.1, 0.15) is 40.6 Å². The molecule has 1 unspecified atom stereocenters. The van der Waals surface area contributed by atoms with Crippen molar-refractivity contribution in [2.75, 3.05) is 0 Å². The minimum Gasteiger partial charge on any atom is -0.465 e. The maximum Gasteiger partial charge on any atom is 0.323 e. The molecule has 2 N–H and O–H groups in total. The second-order valence-corrected chi connectivity index (χ2v) is 8.25. The number of fused-ring (bicyclic) bond motifs is 1. The number of nitrogens with two attached hydrogens (primary N) is 1. The molecule has 4 aromatic rings. The van der Waals surface area contributed by atoms with Crippen molar-refractivity contribution in [3.8, 4) is 17.6 Å². The van der Waals surface area contributed by atoms with E-state index in [0.717, 1.165) is 16.9 Å². The van der Waals surface area contributed by atoms with Crippen molar-refractivity contribution in [3.05, 3.63) is 131 Å². The summed E-state index contributed by atoms with van der Waals surface area (Å²) in [5.41, 5.74) is 8.71. The molecular weight excluding hydrogens is 440 g/mol. The van der Waals surface area contributed by atoms with Gasteiger partial charge in [-0.1, -0.05) is 66.7 Å². The smallest absolute Gasteiger partial charge is 0.323 e. The summed E-state index contributed by atoms with van der Waals surface area (Å²) in [6, 6.07) is 29.8. The Bertz CT molecular complexity index is 1410. The predicted molar refractivity (Wildman–Crippen MR) is 130 cm³/mol. The average Bonchev–Trinajstić information content (AvgIpc) is 3.30. The van der Waals surface area contributed by atoms with Gasteiger partial charge < -0.3 is 19.6 Å². The number of esters is 1. The average molecular weight is 463 g/mol. The van der Waals surface area contributed by atoms with Crippen molar-refractivity contribution >= 4 is 5.97 Å². The quantitative estimate of drug-likeness (QED) is 0.309. The van der Waals surface area contributed by atoms with Crippen molar-refractivity contribution in [1.29, 1.82) is 5.26 Å². The lowest BCUT2D eigenvalue weighted by molar-refractivity contribution is -0.135. The van der Waals surface area contributed by atoms with Crippen molar-refractivity contribution in [2.24, 2.45) is 5.73 Å². The Kier molecular flexibility index (Phi) is 5.82. The summed E-state index contributed by atoms with van der Waals surface area (Å²) in [6.45, 7) is 1.83. The minimum atomic E-state index is -0.594. The molecule has 6 heteroatoms. The van der Waals surface area contributed by atoms with Crippen LogP contribution in [0.2, 0.25) is 0 Å². The van der Waals surface area contributed by atoms with E-state index in [1.807, 2.05) is 79.7 Å². The molecule has 35 heavy (non-hydrogen) atoms. The SMILES string of the molecule is Cc1ccc(C2C(C#N)=C(N)Oc3cc(OC(=O)C(c4ccccc4)c4ccccc4)ccc32)o1. The van der Waals surface area contributed by atoms with Gasteiger partial charge in [0.25, 0.3) is 0 Å². The van der Waals surface area contributed by atoms with E-state index >= 15 is 0 Å². The van der Waals surface area contributed by atoms with E-state index in [1.54, 1.807) is 18.2 Å². The number of benzene rings is 3. The first kappa shape index (κ1) is 22.1. The third-order valence-electron chi connectivity index (χ3n) is 5.96. The molecule has 5 rings (SSSR count). The number of nitriles is 1. The van der Waals surface area contributed by atoms with E-state index in [2.05, 4.69) is 6.07 Å². The van der Waals surface area contributed by atoms with Crippen LogP contribution in [-0.4, -0.2) is 5.97 Å². The predicted octanol–water partition coefficient (Wildman–Crippen LogP) is 5.54. The summed E-state index contributed by atoms with van der Waals surface area (Å²) < 4.78 is 17.4. The number of rotatable bonds is 5. The van der Waals surface area contributed by atoms with Gasteiger partial charge in [-0.25, -0.2) is 0 Å². The number of aryl methyl sites for hydroxylation is 1. The Hall–Kier alpha value is -4.76. The summed E-state index contributed by atoms with van der Waals surface area (Å²) in [5, 5.41) is 9.70. The van der Waals surface area contributed by atoms with E-state index < -0.39 is 17.8 Å². The molecule has 1 aliphatic heterocycles. The number of carbonyl (C=O) groups is 1. The normalized spacial score (nSPS) is 14.7. The first-order chi connectivity index (χ1) is 17.0. The van der Waals surface area contributed by atoms with Crippen molar-refractivity contribution in [2.45, 2.75) is 18.8 Å². The van der Waals surface area contributed by atoms with Crippen molar-refractivity contribution < 1.29 is 18.7 Å². The number of allylic oxidation sites excluding steroid dienone is 1. The molecule has 0 spiro atoms. The Balaban J connectivity index is 1.48. The van der Waals surface area contributed by atoms with Gasteiger partial charge >= 0.3 is 5.97 Å². The van der Waals surface area contributed by atoms with Crippen LogP contribution in [0.5, 0.6) is 11.5 Å². The summed E-state index contributed by atoms with van der Waals surface area (Å²) in [6.07, 6.45) is 0. The maximum atomic E-state index is 13.4. The number of nitrogens with zero attached hydrogens (tertiary/aromatic N) is 1. The summed E-state index contributed by atoms with van der Waals surface area (Å²) in [4.78, 5) is 13.4. The molecular formula is C29H22N2O4. The molecule has 172 valence electrons. The zero-order valence-electron chi connectivity index (χ0n) is 19.0. The van der Waals surface area contributed by atoms with Crippen LogP contribution in [-0.2, 0) is 4.79 Å². The highest BCUT2D eigenvalue weighted by molar-refractivity contribution is 5.84. The van der Waals surface area contributed by atoms with E-state index in [4.69, 9.17) is 19.6 Å². The number of ether oxygens (including phenoxy) is 2. The Morgan fingerprint density at radius 3 is 2.20 bits per heavy atom. The molecule has 2 heterocycles. The fourth-order valence-corrected chi connectivity index (χ4v) is 4.33. The molecule has 0 amide bonds. The van der Waals surface area contributed by atoms with Gasteiger partial charge in [0.05, 0.1) is 5.92 Å². The van der Waals surface area contributed by atoms with Crippen LogP contribution in [0.3, 0.4) is 0 Å². The molecule has 0 saturated heterocycles. The van der Waals surface area contributed by atoms with Crippen LogP contribution in [0.1, 0.15) is 40.0 Å². The summed E-state index contributed by atoms with van der Waals surface area (Å²) in [5.74, 6) is 0.500. The van der Waals surface area contributed by atoms with Crippen molar-refractivity contribution in [3.63, 3.8) is 0 Å². The van der Waals surface area contributed by atoms with Gasteiger partial charge in [-0.2, -0.15) is 5.26 Å². The zero-order chi connectivity index (χ0) is 24.4.